The van der Waals surface area contributed by atoms with Crippen molar-refractivity contribution in [2.24, 2.45) is 10.3 Å². The molecule has 12 heteroatoms. The van der Waals surface area contributed by atoms with Gasteiger partial charge in [0.05, 0.1) is 18.5 Å². The molecule has 2 atom stereocenters. The molecule has 0 saturated carbocycles. The topological polar surface area (TPSA) is 158 Å². The van der Waals surface area contributed by atoms with Crippen molar-refractivity contribution in [3.63, 3.8) is 0 Å². The summed E-state index contributed by atoms with van der Waals surface area (Å²) in [5.74, 6) is -0.689. The molecule has 4 aromatic rings. The molecular weight excluding hydrogens is 552 g/mol. The zero-order chi connectivity index (χ0) is 30.3. The van der Waals surface area contributed by atoms with Crippen LogP contribution in [0.3, 0.4) is 0 Å². The molecule has 0 radical (unpaired) electrons. The fraction of sp³-hybridized carbons (Fsp3) is 0.226. The third kappa shape index (κ3) is 7.04. The number of oxime groups is 2. The molecule has 218 valence electrons. The van der Waals surface area contributed by atoms with Gasteiger partial charge in [0.25, 0.3) is 0 Å². The van der Waals surface area contributed by atoms with Crippen LogP contribution in [0.25, 0.3) is 0 Å². The van der Waals surface area contributed by atoms with Gasteiger partial charge in [0.15, 0.2) is 23.6 Å². The summed E-state index contributed by atoms with van der Waals surface area (Å²) >= 11 is 0. The molecule has 1 N–H and O–H groups in total. The van der Waals surface area contributed by atoms with Crippen LogP contribution in [-0.4, -0.2) is 55.5 Å². The van der Waals surface area contributed by atoms with Gasteiger partial charge in [0.2, 0.25) is 0 Å². The second kappa shape index (κ2) is 13.0. The first-order valence-corrected chi connectivity index (χ1v) is 13.4. The summed E-state index contributed by atoms with van der Waals surface area (Å²) in [6.07, 6.45) is 0.860. The van der Waals surface area contributed by atoms with Crippen molar-refractivity contribution >= 4 is 23.4 Å². The van der Waals surface area contributed by atoms with E-state index in [4.69, 9.17) is 19.5 Å². The van der Waals surface area contributed by atoms with Crippen LogP contribution in [-0.2, 0) is 14.4 Å². The van der Waals surface area contributed by atoms with E-state index in [0.29, 0.717) is 47.3 Å². The molecule has 12 nitrogen and oxygen atoms in total. The number of aromatic carboxylic acids is 1. The number of hydrogen-bond acceptors (Lipinski definition) is 11. The molecule has 2 aromatic carbocycles. The first kappa shape index (κ1) is 29.0. The number of carboxylic acid groups (broad SMARTS) is 1. The van der Waals surface area contributed by atoms with Gasteiger partial charge in [-0.2, -0.15) is 0 Å². The van der Waals surface area contributed by atoms with Crippen LogP contribution in [0.5, 0.6) is 0 Å². The van der Waals surface area contributed by atoms with Crippen molar-refractivity contribution in [3.8, 4) is 0 Å². The zero-order valence-corrected chi connectivity index (χ0v) is 23.7. The number of aryl methyl sites for hydroxylation is 2. The highest BCUT2D eigenvalue weighted by molar-refractivity contribution is 6.02. The van der Waals surface area contributed by atoms with Gasteiger partial charge in [-0.25, -0.2) is 29.5 Å². The van der Waals surface area contributed by atoms with Crippen molar-refractivity contribution in [3.05, 3.63) is 118 Å². The van der Waals surface area contributed by atoms with Crippen LogP contribution in [0.4, 0.5) is 0 Å². The van der Waals surface area contributed by atoms with E-state index in [1.165, 1.54) is 13.2 Å². The molecule has 0 bridgehead atoms. The number of nitrogens with zero attached hydrogens (tertiary/aromatic N) is 6. The maximum atomic E-state index is 11.6. The van der Waals surface area contributed by atoms with Gasteiger partial charge >= 0.3 is 11.9 Å². The number of methoxy groups -OCH3 is 1. The van der Waals surface area contributed by atoms with Gasteiger partial charge < -0.3 is 19.5 Å². The van der Waals surface area contributed by atoms with Crippen LogP contribution in [0.1, 0.15) is 80.2 Å². The predicted octanol–water partition coefficient (Wildman–Crippen LogP) is 4.79. The Morgan fingerprint density at radius 2 is 1.16 bits per heavy atom. The van der Waals surface area contributed by atoms with E-state index in [1.807, 2.05) is 60.7 Å². The number of carbonyl (C=O) groups is 2. The molecular formula is C31H28N6O6. The number of aromatic nitrogens is 4. The fourth-order valence-corrected chi connectivity index (χ4v) is 4.50. The lowest BCUT2D eigenvalue weighted by Crippen LogP contribution is -2.11. The highest BCUT2D eigenvalue weighted by Crippen LogP contribution is 2.30. The highest BCUT2D eigenvalue weighted by Gasteiger charge is 2.27. The minimum Gasteiger partial charge on any atom is -0.477 e. The standard InChI is InChI=1S/C16H15N3O3.C15H13N3O3/c1-10-17-12(8-14(18-10)16(20)21-2)13-9-15(22-19-13)11-6-4-3-5-7-11;1-9-16-11(7-13(17-9)15(19)20)12-8-14(21-18-12)10-5-3-2-4-6-10/h3-8,15H,9H2,1-2H3;2-7,14H,8H2,1H3,(H,19,20). The predicted molar refractivity (Wildman–Crippen MR) is 155 cm³/mol. The molecule has 2 aromatic heterocycles. The summed E-state index contributed by atoms with van der Waals surface area (Å²) in [7, 11) is 1.32. The smallest absolute Gasteiger partial charge is 0.356 e. The Bertz CT molecular complexity index is 1690. The Balaban J connectivity index is 0.000000171. The molecule has 4 heterocycles. The summed E-state index contributed by atoms with van der Waals surface area (Å²) < 4.78 is 4.70. The van der Waals surface area contributed by atoms with Crippen molar-refractivity contribution in [1.29, 1.82) is 0 Å². The SMILES string of the molecule is COC(=O)c1cc(C2=NOC(c3ccccc3)C2)nc(C)n1.Cc1nc(C(=O)O)cc(C2=NOC(c3ccccc3)C2)n1. The minimum absolute atomic E-state index is 0.0386. The monoisotopic (exact) mass is 580 g/mol. The Hall–Kier alpha value is -5.52. The minimum atomic E-state index is -1.08. The average Bonchev–Trinajstić information content (AvgIpc) is 3.73. The van der Waals surface area contributed by atoms with Crippen LogP contribution >= 0.6 is 0 Å². The van der Waals surface area contributed by atoms with E-state index in [-0.39, 0.29) is 23.6 Å². The number of benzene rings is 2. The van der Waals surface area contributed by atoms with Gasteiger partial charge in [-0.05, 0) is 37.1 Å². The number of ether oxygens (including phenoxy) is 1. The van der Waals surface area contributed by atoms with Crippen molar-refractivity contribution < 1.29 is 29.1 Å². The molecule has 0 saturated heterocycles. The molecule has 0 amide bonds. The summed E-state index contributed by atoms with van der Waals surface area (Å²) in [4.78, 5) is 50.1. The average molecular weight is 581 g/mol. The van der Waals surface area contributed by atoms with E-state index in [2.05, 4.69) is 30.2 Å². The first-order valence-electron chi connectivity index (χ1n) is 13.4. The van der Waals surface area contributed by atoms with Crippen LogP contribution in [0.2, 0.25) is 0 Å². The van der Waals surface area contributed by atoms with E-state index < -0.39 is 11.9 Å². The Kier molecular flexibility index (Phi) is 8.75. The fourth-order valence-electron chi connectivity index (χ4n) is 4.50. The van der Waals surface area contributed by atoms with Gasteiger partial charge in [0.1, 0.15) is 23.1 Å². The number of carboxylic acids is 1. The van der Waals surface area contributed by atoms with Gasteiger partial charge in [-0.3, -0.25) is 0 Å². The summed E-state index contributed by atoms with van der Waals surface area (Å²) in [5.41, 5.74) is 4.69. The van der Waals surface area contributed by atoms with Crippen molar-refractivity contribution in [1.82, 2.24) is 19.9 Å². The molecule has 2 aliphatic heterocycles. The lowest BCUT2D eigenvalue weighted by molar-refractivity contribution is 0.0592. The van der Waals surface area contributed by atoms with Crippen molar-refractivity contribution in [2.45, 2.75) is 38.9 Å². The van der Waals surface area contributed by atoms with Crippen LogP contribution < -0.4 is 0 Å². The second-order valence-corrected chi connectivity index (χ2v) is 9.66. The van der Waals surface area contributed by atoms with E-state index in [1.54, 1.807) is 19.9 Å². The van der Waals surface area contributed by atoms with E-state index in [0.717, 1.165) is 11.1 Å². The highest BCUT2D eigenvalue weighted by atomic mass is 16.6. The Morgan fingerprint density at radius 3 is 1.60 bits per heavy atom. The lowest BCUT2D eigenvalue weighted by atomic mass is 10.0. The number of rotatable bonds is 6. The Morgan fingerprint density at radius 1 is 0.721 bits per heavy atom. The number of esters is 1. The summed E-state index contributed by atoms with van der Waals surface area (Å²) in [6, 6.07) is 22.6. The molecule has 6 rings (SSSR count). The number of hydrogen-bond donors (Lipinski definition) is 1. The second-order valence-electron chi connectivity index (χ2n) is 9.66. The van der Waals surface area contributed by atoms with Gasteiger partial charge in [0, 0.05) is 12.8 Å². The lowest BCUT2D eigenvalue weighted by Gasteiger charge is -2.07. The molecule has 2 aliphatic rings. The maximum absolute atomic E-state index is 11.6. The van der Waals surface area contributed by atoms with Crippen LogP contribution in [0.15, 0.2) is 83.1 Å². The molecule has 0 spiro atoms. The zero-order valence-electron chi connectivity index (χ0n) is 23.7. The maximum Gasteiger partial charge on any atom is 0.356 e. The van der Waals surface area contributed by atoms with E-state index >= 15 is 0 Å². The van der Waals surface area contributed by atoms with E-state index in [9.17, 15) is 9.59 Å². The third-order valence-electron chi connectivity index (χ3n) is 6.56. The molecule has 2 unspecified atom stereocenters. The number of carbonyl (C=O) groups excluding carboxylic acids is 1. The molecule has 0 fully saturated rings. The van der Waals surface area contributed by atoms with Crippen LogP contribution in [0, 0.1) is 13.8 Å². The summed E-state index contributed by atoms with van der Waals surface area (Å²) in [5, 5.41) is 17.2. The third-order valence-corrected chi connectivity index (χ3v) is 6.56. The largest absolute Gasteiger partial charge is 0.477 e. The molecule has 43 heavy (non-hydrogen) atoms. The van der Waals surface area contributed by atoms with Gasteiger partial charge in [-0.1, -0.05) is 71.0 Å². The molecule has 0 aliphatic carbocycles. The first-order chi connectivity index (χ1) is 20.8. The van der Waals surface area contributed by atoms with Gasteiger partial charge in [-0.15, -0.1) is 0 Å². The summed E-state index contributed by atoms with van der Waals surface area (Å²) in [6.45, 7) is 3.38. The quantitative estimate of drug-likeness (QED) is 0.314. The normalized spacial score (nSPS) is 17.0. The van der Waals surface area contributed by atoms with Crippen molar-refractivity contribution in [2.75, 3.05) is 7.11 Å². The Labute approximate surface area is 247 Å².